The predicted octanol–water partition coefficient (Wildman–Crippen LogP) is 7.28. The number of thioether (sulfide) groups is 1. The Morgan fingerprint density at radius 2 is 1.88 bits per heavy atom. The number of para-hydroxylation sites is 1. The van der Waals surface area contributed by atoms with Gasteiger partial charge in [0.1, 0.15) is 14.9 Å². The standard InChI is InChI=1S/C24H21ClN2O3S3/c1-3-30-24(29)21-14(2)20(22-26-17-6-4-5-7-18(17)32-22)23(33-21)27-19(28)12-13-31-16-10-8-15(25)9-11-16/h4-11H,3,12-13H2,1-2H3,(H,27,28). The Labute approximate surface area is 209 Å². The highest BCUT2D eigenvalue weighted by molar-refractivity contribution is 7.99. The first-order valence-electron chi connectivity index (χ1n) is 10.3. The fourth-order valence-corrected chi connectivity index (χ4v) is 6.45. The van der Waals surface area contributed by atoms with Gasteiger partial charge in [0, 0.05) is 27.7 Å². The van der Waals surface area contributed by atoms with Crippen molar-refractivity contribution in [1.82, 2.24) is 4.98 Å². The lowest BCUT2D eigenvalue weighted by Gasteiger charge is -2.06. The van der Waals surface area contributed by atoms with Gasteiger partial charge in [0.25, 0.3) is 0 Å². The van der Waals surface area contributed by atoms with Crippen molar-refractivity contribution in [3.8, 4) is 10.6 Å². The highest BCUT2D eigenvalue weighted by Gasteiger charge is 2.25. The van der Waals surface area contributed by atoms with Crippen LogP contribution < -0.4 is 5.32 Å². The summed E-state index contributed by atoms with van der Waals surface area (Å²) in [5.41, 5.74) is 2.43. The van der Waals surface area contributed by atoms with E-state index in [2.05, 4.69) is 5.32 Å². The quantitative estimate of drug-likeness (QED) is 0.197. The number of esters is 1. The van der Waals surface area contributed by atoms with Crippen LogP contribution in [0.25, 0.3) is 20.8 Å². The molecular formula is C24H21ClN2O3S3. The second-order valence-corrected chi connectivity index (χ2v) is 10.7. The smallest absolute Gasteiger partial charge is 0.348 e. The molecule has 0 saturated heterocycles. The second kappa shape index (κ2) is 10.7. The van der Waals surface area contributed by atoms with Crippen molar-refractivity contribution < 1.29 is 14.3 Å². The second-order valence-electron chi connectivity index (χ2n) is 7.07. The van der Waals surface area contributed by atoms with Crippen LogP contribution in [0.3, 0.4) is 0 Å². The summed E-state index contributed by atoms with van der Waals surface area (Å²) in [6, 6.07) is 15.4. The highest BCUT2D eigenvalue weighted by atomic mass is 35.5. The predicted molar refractivity (Wildman–Crippen MR) is 139 cm³/mol. The minimum Gasteiger partial charge on any atom is -0.462 e. The fourth-order valence-electron chi connectivity index (χ4n) is 3.21. The maximum absolute atomic E-state index is 12.8. The molecule has 33 heavy (non-hydrogen) atoms. The van der Waals surface area contributed by atoms with Gasteiger partial charge in [-0.15, -0.1) is 34.4 Å². The van der Waals surface area contributed by atoms with Crippen LogP contribution in [-0.4, -0.2) is 29.2 Å². The van der Waals surface area contributed by atoms with Crippen LogP contribution in [0.15, 0.2) is 53.4 Å². The monoisotopic (exact) mass is 516 g/mol. The zero-order valence-electron chi connectivity index (χ0n) is 18.0. The zero-order chi connectivity index (χ0) is 23.4. The van der Waals surface area contributed by atoms with E-state index in [0.29, 0.717) is 27.1 Å². The third kappa shape index (κ3) is 5.58. The molecule has 0 bridgehead atoms. The maximum Gasteiger partial charge on any atom is 0.348 e. The number of carbonyl (C=O) groups is 2. The van der Waals surface area contributed by atoms with Crippen molar-refractivity contribution in [2.75, 3.05) is 17.7 Å². The summed E-state index contributed by atoms with van der Waals surface area (Å²) >= 11 is 10.3. The molecule has 0 unspecified atom stereocenters. The van der Waals surface area contributed by atoms with Crippen LogP contribution in [0, 0.1) is 6.92 Å². The van der Waals surface area contributed by atoms with Gasteiger partial charge in [-0.2, -0.15) is 0 Å². The molecule has 0 spiro atoms. The molecule has 4 rings (SSSR count). The van der Waals surface area contributed by atoms with Crippen LogP contribution in [-0.2, 0) is 9.53 Å². The van der Waals surface area contributed by atoms with Crippen LogP contribution in [0.4, 0.5) is 5.00 Å². The minimum absolute atomic E-state index is 0.115. The third-order valence-electron chi connectivity index (χ3n) is 4.78. The van der Waals surface area contributed by atoms with E-state index in [4.69, 9.17) is 21.3 Å². The van der Waals surface area contributed by atoms with E-state index in [0.717, 1.165) is 31.2 Å². The van der Waals surface area contributed by atoms with E-state index < -0.39 is 0 Å². The topological polar surface area (TPSA) is 68.3 Å². The van der Waals surface area contributed by atoms with Crippen LogP contribution in [0.5, 0.6) is 0 Å². The highest BCUT2D eigenvalue weighted by Crippen LogP contribution is 2.43. The molecule has 0 radical (unpaired) electrons. The largest absolute Gasteiger partial charge is 0.462 e. The number of halogens is 1. The van der Waals surface area contributed by atoms with Gasteiger partial charge in [0.15, 0.2) is 0 Å². The molecule has 0 saturated carbocycles. The van der Waals surface area contributed by atoms with Crippen LogP contribution in [0.1, 0.15) is 28.6 Å². The molecule has 1 N–H and O–H groups in total. The zero-order valence-corrected chi connectivity index (χ0v) is 21.2. The molecule has 0 fully saturated rings. The van der Waals surface area contributed by atoms with Crippen molar-refractivity contribution in [1.29, 1.82) is 0 Å². The number of nitrogens with one attached hydrogen (secondary N) is 1. The third-order valence-corrected chi connectivity index (χ3v) is 8.29. The van der Waals surface area contributed by atoms with Crippen molar-refractivity contribution in [3.05, 3.63) is 64.0 Å². The number of hydrogen-bond donors (Lipinski definition) is 1. The number of anilines is 1. The Morgan fingerprint density at radius 1 is 1.12 bits per heavy atom. The summed E-state index contributed by atoms with van der Waals surface area (Å²) in [6.45, 7) is 3.93. The number of fused-ring (bicyclic) bond motifs is 1. The van der Waals surface area contributed by atoms with Gasteiger partial charge in [-0.3, -0.25) is 4.79 Å². The lowest BCUT2D eigenvalue weighted by Crippen LogP contribution is -2.11. The number of aromatic nitrogens is 1. The lowest BCUT2D eigenvalue weighted by atomic mass is 10.1. The fraction of sp³-hybridized carbons (Fsp3) is 0.208. The number of carbonyl (C=O) groups excluding carboxylic acids is 2. The van der Waals surface area contributed by atoms with Crippen LogP contribution >= 0.6 is 46.0 Å². The summed E-state index contributed by atoms with van der Waals surface area (Å²) in [7, 11) is 0. The van der Waals surface area contributed by atoms with E-state index in [1.807, 2.05) is 55.5 Å². The molecule has 2 aromatic carbocycles. The number of benzene rings is 2. The van der Waals surface area contributed by atoms with Crippen molar-refractivity contribution >= 4 is 73.1 Å². The SMILES string of the molecule is CCOC(=O)c1sc(NC(=O)CCSc2ccc(Cl)cc2)c(-c2nc3ccccc3s2)c1C. The Morgan fingerprint density at radius 3 is 2.61 bits per heavy atom. The van der Waals surface area contributed by atoms with Gasteiger partial charge in [0.2, 0.25) is 5.91 Å². The molecule has 0 aliphatic rings. The van der Waals surface area contributed by atoms with Crippen molar-refractivity contribution in [2.24, 2.45) is 0 Å². The summed E-state index contributed by atoms with van der Waals surface area (Å²) in [5, 5.41) is 5.09. The molecule has 0 aliphatic heterocycles. The van der Waals surface area contributed by atoms with E-state index in [-0.39, 0.29) is 18.5 Å². The van der Waals surface area contributed by atoms with Crippen molar-refractivity contribution in [3.63, 3.8) is 0 Å². The van der Waals surface area contributed by atoms with Gasteiger partial charge < -0.3 is 10.1 Å². The first kappa shape index (κ1) is 23.8. The number of rotatable bonds is 8. The molecule has 4 aromatic rings. The summed E-state index contributed by atoms with van der Waals surface area (Å²) in [5.74, 6) is 0.121. The number of thiazole rings is 1. The average Bonchev–Trinajstić information content (AvgIpc) is 3.35. The molecule has 9 heteroatoms. The summed E-state index contributed by atoms with van der Waals surface area (Å²) in [4.78, 5) is 31.6. The Hall–Kier alpha value is -2.39. The van der Waals surface area contributed by atoms with Crippen LogP contribution in [0.2, 0.25) is 5.02 Å². The van der Waals surface area contributed by atoms with E-state index >= 15 is 0 Å². The van der Waals surface area contributed by atoms with E-state index in [1.54, 1.807) is 18.7 Å². The number of nitrogens with zero attached hydrogens (tertiary/aromatic N) is 1. The first-order valence-corrected chi connectivity index (χ1v) is 13.3. The molecule has 5 nitrogen and oxygen atoms in total. The lowest BCUT2D eigenvalue weighted by molar-refractivity contribution is -0.115. The van der Waals surface area contributed by atoms with Gasteiger partial charge >= 0.3 is 5.97 Å². The van der Waals surface area contributed by atoms with Gasteiger partial charge in [-0.1, -0.05) is 23.7 Å². The molecule has 1 amide bonds. The number of thiophene rings is 1. The summed E-state index contributed by atoms with van der Waals surface area (Å²) < 4.78 is 6.28. The molecule has 170 valence electrons. The van der Waals surface area contributed by atoms with Gasteiger partial charge in [-0.25, -0.2) is 9.78 Å². The minimum atomic E-state index is -0.388. The number of hydrogen-bond acceptors (Lipinski definition) is 7. The molecular weight excluding hydrogens is 496 g/mol. The summed E-state index contributed by atoms with van der Waals surface area (Å²) in [6.07, 6.45) is 0.332. The molecule has 2 aromatic heterocycles. The maximum atomic E-state index is 12.8. The average molecular weight is 517 g/mol. The van der Waals surface area contributed by atoms with Gasteiger partial charge in [0.05, 0.1) is 16.8 Å². The van der Waals surface area contributed by atoms with E-state index in [9.17, 15) is 9.59 Å². The molecule has 0 aliphatic carbocycles. The number of ether oxygens (including phenoxy) is 1. The van der Waals surface area contributed by atoms with Gasteiger partial charge in [-0.05, 0) is 55.8 Å². The Bertz CT molecular complexity index is 1270. The molecule has 2 heterocycles. The Kier molecular flexibility index (Phi) is 7.70. The first-order chi connectivity index (χ1) is 16.0. The number of amides is 1. The van der Waals surface area contributed by atoms with Crippen molar-refractivity contribution in [2.45, 2.75) is 25.2 Å². The Balaban J connectivity index is 1.56. The van der Waals surface area contributed by atoms with E-state index in [1.165, 1.54) is 22.7 Å². The molecule has 0 atom stereocenters. The normalized spacial score (nSPS) is 11.0.